The van der Waals surface area contributed by atoms with Crippen molar-refractivity contribution in [2.24, 2.45) is 0 Å². The molecule has 0 unspecified atom stereocenters. The highest BCUT2D eigenvalue weighted by Gasteiger charge is 2.29. The van der Waals surface area contributed by atoms with Crippen molar-refractivity contribution in [3.05, 3.63) is 35.6 Å². The number of hydrogen-bond acceptors (Lipinski definition) is 4. The van der Waals surface area contributed by atoms with Gasteiger partial charge in [-0.05, 0) is 18.9 Å². The summed E-state index contributed by atoms with van der Waals surface area (Å²) in [5.74, 6) is -0.779. The van der Waals surface area contributed by atoms with Gasteiger partial charge in [0.25, 0.3) is 0 Å². The van der Waals surface area contributed by atoms with E-state index in [2.05, 4.69) is 0 Å². The molecule has 5 nitrogen and oxygen atoms in total. The van der Waals surface area contributed by atoms with Gasteiger partial charge >= 0.3 is 0 Å². The molecule has 1 aliphatic rings. The molecule has 1 aliphatic heterocycles. The van der Waals surface area contributed by atoms with Gasteiger partial charge in [-0.15, -0.1) is 0 Å². The van der Waals surface area contributed by atoms with Gasteiger partial charge in [0.2, 0.25) is 10.0 Å². The molecule has 1 fully saturated rings. The van der Waals surface area contributed by atoms with Gasteiger partial charge in [0.1, 0.15) is 5.82 Å². The Morgan fingerprint density at radius 3 is 2.55 bits per heavy atom. The van der Waals surface area contributed by atoms with Crippen molar-refractivity contribution in [3.63, 3.8) is 0 Å². The number of halogens is 1. The molecule has 22 heavy (non-hydrogen) atoms. The molecule has 0 N–H and O–H groups in total. The van der Waals surface area contributed by atoms with E-state index in [9.17, 15) is 12.8 Å². The minimum atomic E-state index is -3.49. The van der Waals surface area contributed by atoms with Crippen LogP contribution in [0.15, 0.2) is 24.3 Å². The lowest BCUT2D eigenvalue weighted by Gasteiger charge is -2.31. The zero-order valence-corrected chi connectivity index (χ0v) is 13.5. The Bertz CT molecular complexity index is 571. The highest BCUT2D eigenvalue weighted by molar-refractivity contribution is 7.88. The van der Waals surface area contributed by atoms with Crippen LogP contribution in [-0.2, 0) is 25.2 Å². The van der Waals surface area contributed by atoms with Crippen molar-refractivity contribution in [2.45, 2.75) is 24.7 Å². The third-order valence-electron chi connectivity index (χ3n) is 3.73. The molecular weight excluding hydrogens is 309 g/mol. The quantitative estimate of drug-likeness (QED) is 0.715. The van der Waals surface area contributed by atoms with Crippen LogP contribution in [0.5, 0.6) is 0 Å². The molecular formula is C15H22FNO4S. The molecule has 0 amide bonds. The van der Waals surface area contributed by atoms with Crippen LogP contribution in [0.25, 0.3) is 0 Å². The van der Waals surface area contributed by atoms with Crippen LogP contribution in [0, 0.1) is 5.82 Å². The maximum absolute atomic E-state index is 13.6. The van der Waals surface area contributed by atoms with Crippen LogP contribution in [0.4, 0.5) is 4.39 Å². The zero-order valence-electron chi connectivity index (χ0n) is 12.7. The van der Waals surface area contributed by atoms with Crippen molar-refractivity contribution in [1.82, 2.24) is 4.31 Å². The topological polar surface area (TPSA) is 55.8 Å². The summed E-state index contributed by atoms with van der Waals surface area (Å²) in [6.45, 7) is 1.87. The van der Waals surface area contributed by atoms with Crippen LogP contribution in [0.2, 0.25) is 0 Å². The molecule has 1 saturated heterocycles. The van der Waals surface area contributed by atoms with Crippen LogP contribution in [0.1, 0.15) is 18.4 Å². The highest BCUT2D eigenvalue weighted by atomic mass is 32.2. The van der Waals surface area contributed by atoms with Gasteiger partial charge in [0, 0.05) is 25.8 Å². The zero-order chi connectivity index (χ0) is 16.0. The number of hydrogen-bond donors (Lipinski definition) is 0. The predicted molar refractivity (Wildman–Crippen MR) is 81.4 cm³/mol. The van der Waals surface area contributed by atoms with E-state index in [1.54, 1.807) is 19.2 Å². The number of methoxy groups -OCH3 is 1. The molecule has 0 radical (unpaired) electrons. The molecule has 0 saturated carbocycles. The monoisotopic (exact) mass is 331 g/mol. The molecule has 0 spiro atoms. The smallest absolute Gasteiger partial charge is 0.218 e. The SMILES string of the molecule is COCCOC1CCN(S(=O)(=O)Cc2ccccc2F)CC1. The predicted octanol–water partition coefficient (Wildman–Crippen LogP) is 1.78. The van der Waals surface area contributed by atoms with Crippen LogP contribution in [-0.4, -0.2) is 52.2 Å². The molecule has 1 aromatic carbocycles. The summed E-state index contributed by atoms with van der Waals surface area (Å²) in [7, 11) is -1.88. The van der Waals surface area contributed by atoms with Gasteiger partial charge < -0.3 is 9.47 Å². The Labute approximate surface area is 131 Å². The number of piperidine rings is 1. The molecule has 0 atom stereocenters. The van der Waals surface area contributed by atoms with Crippen molar-refractivity contribution < 1.29 is 22.3 Å². The first kappa shape index (κ1) is 17.3. The Balaban J connectivity index is 1.88. The molecule has 0 aliphatic carbocycles. The largest absolute Gasteiger partial charge is 0.382 e. The fraction of sp³-hybridized carbons (Fsp3) is 0.600. The first-order chi connectivity index (χ1) is 10.5. The molecule has 1 heterocycles. The van der Waals surface area contributed by atoms with E-state index in [1.165, 1.54) is 16.4 Å². The number of sulfonamides is 1. The van der Waals surface area contributed by atoms with E-state index in [1.807, 2.05) is 0 Å². The minimum absolute atomic E-state index is 0.0649. The lowest BCUT2D eigenvalue weighted by Crippen LogP contribution is -2.41. The van der Waals surface area contributed by atoms with Crippen molar-refractivity contribution >= 4 is 10.0 Å². The van der Waals surface area contributed by atoms with E-state index in [4.69, 9.17) is 9.47 Å². The number of benzene rings is 1. The van der Waals surface area contributed by atoms with Gasteiger partial charge in [-0.25, -0.2) is 17.1 Å². The fourth-order valence-electron chi connectivity index (χ4n) is 2.48. The first-order valence-corrected chi connectivity index (χ1v) is 8.95. The second-order valence-electron chi connectivity index (χ2n) is 5.31. The Morgan fingerprint density at radius 2 is 1.91 bits per heavy atom. The van der Waals surface area contributed by atoms with Gasteiger partial charge in [-0.3, -0.25) is 0 Å². The van der Waals surface area contributed by atoms with Gasteiger partial charge in [0.15, 0.2) is 0 Å². The van der Waals surface area contributed by atoms with E-state index >= 15 is 0 Å². The Hall–Kier alpha value is -1.02. The molecule has 0 aromatic heterocycles. The maximum Gasteiger partial charge on any atom is 0.218 e. The fourth-order valence-corrected chi connectivity index (χ4v) is 4.06. The standard InChI is InChI=1S/C15H22FNO4S/c1-20-10-11-21-14-6-8-17(9-7-14)22(18,19)12-13-4-2-3-5-15(13)16/h2-5,14H,6-12H2,1H3. The summed E-state index contributed by atoms with van der Waals surface area (Å²) in [5, 5.41) is 0. The third-order valence-corrected chi connectivity index (χ3v) is 5.56. The normalized spacial score (nSPS) is 17.7. The summed E-state index contributed by atoms with van der Waals surface area (Å²) in [6.07, 6.45) is 1.37. The van der Waals surface area contributed by atoms with Crippen molar-refractivity contribution in [2.75, 3.05) is 33.4 Å². The second kappa shape index (κ2) is 8.01. The minimum Gasteiger partial charge on any atom is -0.382 e. The lowest BCUT2D eigenvalue weighted by atomic mass is 10.1. The molecule has 0 bridgehead atoms. The summed E-state index contributed by atoms with van der Waals surface area (Å²) >= 11 is 0. The van der Waals surface area contributed by atoms with Crippen molar-refractivity contribution in [1.29, 1.82) is 0 Å². The maximum atomic E-state index is 13.6. The van der Waals surface area contributed by atoms with E-state index in [0.29, 0.717) is 39.1 Å². The van der Waals surface area contributed by atoms with Gasteiger partial charge in [-0.2, -0.15) is 0 Å². The molecule has 1 aromatic rings. The summed E-state index contributed by atoms with van der Waals surface area (Å²) in [4.78, 5) is 0. The van der Waals surface area contributed by atoms with Crippen LogP contribution < -0.4 is 0 Å². The average molecular weight is 331 g/mol. The number of nitrogens with zero attached hydrogens (tertiary/aromatic N) is 1. The number of rotatable bonds is 7. The van der Waals surface area contributed by atoms with E-state index in [-0.39, 0.29) is 17.4 Å². The Kier molecular flexibility index (Phi) is 6.31. The van der Waals surface area contributed by atoms with Crippen LogP contribution >= 0.6 is 0 Å². The Morgan fingerprint density at radius 1 is 1.23 bits per heavy atom. The van der Waals surface area contributed by atoms with Crippen molar-refractivity contribution in [3.8, 4) is 0 Å². The molecule has 2 rings (SSSR count). The lowest BCUT2D eigenvalue weighted by molar-refractivity contribution is -0.00503. The van der Waals surface area contributed by atoms with E-state index in [0.717, 1.165) is 0 Å². The molecule has 124 valence electrons. The highest BCUT2D eigenvalue weighted by Crippen LogP contribution is 2.20. The summed E-state index contributed by atoms with van der Waals surface area (Å²) < 4.78 is 50.3. The van der Waals surface area contributed by atoms with E-state index < -0.39 is 15.8 Å². The third kappa shape index (κ3) is 4.74. The average Bonchev–Trinajstić information content (AvgIpc) is 2.50. The summed E-state index contributed by atoms with van der Waals surface area (Å²) in [6, 6.07) is 5.98. The summed E-state index contributed by atoms with van der Waals surface area (Å²) in [5.41, 5.74) is 0.209. The van der Waals surface area contributed by atoms with Gasteiger partial charge in [-0.1, -0.05) is 18.2 Å². The van der Waals surface area contributed by atoms with Crippen LogP contribution in [0.3, 0.4) is 0 Å². The first-order valence-electron chi connectivity index (χ1n) is 7.34. The number of ether oxygens (including phenoxy) is 2. The molecule has 7 heteroatoms. The second-order valence-corrected chi connectivity index (χ2v) is 7.28. The van der Waals surface area contributed by atoms with Gasteiger partial charge in [0.05, 0.1) is 25.1 Å².